The highest BCUT2D eigenvalue weighted by Gasteiger charge is 2.24. The Balaban J connectivity index is 0.00000155. The average Bonchev–Trinajstić information content (AvgIpc) is 2.53. The van der Waals surface area contributed by atoms with Gasteiger partial charge in [0.25, 0.3) is 0 Å². The second-order valence-corrected chi connectivity index (χ2v) is 5.06. The lowest BCUT2D eigenvalue weighted by Crippen LogP contribution is -2.28. The summed E-state index contributed by atoms with van der Waals surface area (Å²) < 4.78 is 13.5. The van der Waals surface area contributed by atoms with Gasteiger partial charge in [-0.15, -0.1) is 0 Å². The lowest BCUT2D eigenvalue weighted by molar-refractivity contribution is -0.114. The fourth-order valence-electron chi connectivity index (χ4n) is 2.55. The molecule has 0 spiro atoms. The monoisotopic (exact) mass is 305 g/mol. The second kappa shape index (κ2) is 8.52. The molecule has 0 unspecified atom stereocenters. The summed E-state index contributed by atoms with van der Waals surface area (Å²) in [6, 6.07) is 4.71. The number of allylic oxidation sites excluding steroid dienone is 3. The van der Waals surface area contributed by atoms with Crippen molar-refractivity contribution in [2.24, 2.45) is 0 Å². The molecule has 0 aliphatic carbocycles. The van der Waals surface area contributed by atoms with E-state index in [1.807, 2.05) is 33.8 Å². The molecule has 0 bridgehead atoms. The maximum atomic E-state index is 13.5. The second-order valence-electron chi connectivity index (χ2n) is 5.06. The van der Waals surface area contributed by atoms with Crippen molar-refractivity contribution in [1.29, 1.82) is 0 Å². The van der Waals surface area contributed by atoms with E-state index < -0.39 is 0 Å². The van der Waals surface area contributed by atoms with Gasteiger partial charge >= 0.3 is 0 Å². The molecule has 0 saturated heterocycles. The summed E-state index contributed by atoms with van der Waals surface area (Å²) >= 11 is 0. The molecule has 1 aromatic rings. The number of hydrogen-bond donors (Lipinski definition) is 0. The zero-order valence-electron chi connectivity index (χ0n) is 14.2. The molecular weight excluding hydrogens is 277 g/mol. The van der Waals surface area contributed by atoms with Crippen LogP contribution < -0.4 is 0 Å². The summed E-state index contributed by atoms with van der Waals surface area (Å²) in [6.07, 6.45) is 5.01. The van der Waals surface area contributed by atoms with Gasteiger partial charge in [0, 0.05) is 25.3 Å². The fraction of sp³-hybridized carbons (Fsp3) is 0.421. The highest BCUT2D eigenvalue weighted by Crippen LogP contribution is 2.32. The number of hydrogen-bond acceptors (Lipinski definition) is 2. The third kappa shape index (κ3) is 4.06. The quantitative estimate of drug-likeness (QED) is 0.751. The fourth-order valence-corrected chi connectivity index (χ4v) is 2.55. The van der Waals surface area contributed by atoms with Gasteiger partial charge in [-0.05, 0) is 38.0 Å². The number of ketones is 1. The molecule has 1 aromatic carbocycles. The van der Waals surface area contributed by atoms with Crippen LogP contribution in [0, 0.1) is 12.7 Å². The van der Waals surface area contributed by atoms with Gasteiger partial charge in [-0.2, -0.15) is 0 Å². The number of rotatable bonds is 3. The molecule has 0 atom stereocenters. The third-order valence-electron chi connectivity index (χ3n) is 3.55. The van der Waals surface area contributed by atoms with Gasteiger partial charge in [0.15, 0.2) is 5.78 Å². The predicted octanol–water partition coefficient (Wildman–Crippen LogP) is 5.34. The van der Waals surface area contributed by atoms with Crippen molar-refractivity contribution < 1.29 is 10.6 Å². The Labute approximate surface area is 134 Å². The van der Waals surface area contributed by atoms with Crippen molar-refractivity contribution in [2.75, 3.05) is 6.54 Å². The molecule has 22 heavy (non-hydrogen) atoms. The van der Waals surface area contributed by atoms with Gasteiger partial charge in [0.2, 0.25) is 0 Å². The van der Waals surface area contributed by atoms with Crippen LogP contribution in [-0.4, -0.2) is 17.2 Å². The van der Waals surface area contributed by atoms with Crippen molar-refractivity contribution in [2.45, 2.75) is 47.5 Å². The summed E-state index contributed by atoms with van der Waals surface area (Å²) in [5, 5.41) is 0. The van der Waals surface area contributed by atoms with E-state index in [1.165, 1.54) is 12.1 Å². The smallest absolute Gasteiger partial charge is 0.163 e. The normalized spacial score (nSPS) is 16.3. The van der Waals surface area contributed by atoms with Crippen molar-refractivity contribution in [1.82, 2.24) is 4.90 Å². The minimum atomic E-state index is -0.275. The van der Waals surface area contributed by atoms with Crippen molar-refractivity contribution >= 4 is 11.5 Å². The van der Waals surface area contributed by atoms with E-state index >= 15 is 0 Å². The maximum absolute atomic E-state index is 13.5. The average molecular weight is 305 g/mol. The Kier molecular flexibility index (Phi) is 7.03. The van der Waals surface area contributed by atoms with Gasteiger partial charge in [-0.3, -0.25) is 4.79 Å². The molecule has 1 aliphatic heterocycles. The first-order valence-corrected chi connectivity index (χ1v) is 8.00. The van der Waals surface area contributed by atoms with Gasteiger partial charge in [0.1, 0.15) is 5.82 Å². The van der Waals surface area contributed by atoms with E-state index in [-0.39, 0.29) is 13.0 Å². The number of halogens is 1. The van der Waals surface area contributed by atoms with E-state index in [4.69, 9.17) is 0 Å². The number of carbonyl (C=O) groups excluding carboxylic acids is 1. The summed E-state index contributed by atoms with van der Waals surface area (Å²) in [5.41, 5.74) is 3.58. The molecular formula is C19H28FNO. The molecule has 0 fully saturated rings. The Hall–Kier alpha value is -1.90. The Morgan fingerprint density at radius 2 is 2.05 bits per heavy atom. The van der Waals surface area contributed by atoms with Gasteiger partial charge in [-0.25, -0.2) is 4.39 Å². The Morgan fingerprint density at radius 1 is 1.36 bits per heavy atom. The third-order valence-corrected chi connectivity index (χ3v) is 3.55. The van der Waals surface area contributed by atoms with E-state index in [1.54, 1.807) is 12.1 Å². The van der Waals surface area contributed by atoms with Gasteiger partial charge in [0.05, 0.1) is 12.1 Å². The first kappa shape index (κ1) is 18.1. The highest BCUT2D eigenvalue weighted by atomic mass is 19.1. The summed E-state index contributed by atoms with van der Waals surface area (Å²) in [7, 11) is 0. The molecule has 0 amide bonds. The topological polar surface area (TPSA) is 20.3 Å². The minimum absolute atomic E-state index is 0. The predicted molar refractivity (Wildman–Crippen MR) is 93.0 cm³/mol. The molecule has 1 aliphatic rings. The SMILES string of the molecule is C/C=C1/CC(=O)C=C(c2cc(F)ccc2C)N1CCC.CC.[HH]. The number of benzene rings is 1. The van der Waals surface area contributed by atoms with Crippen molar-refractivity contribution in [3.63, 3.8) is 0 Å². The van der Waals surface area contributed by atoms with E-state index in [0.29, 0.717) is 6.42 Å². The summed E-state index contributed by atoms with van der Waals surface area (Å²) in [4.78, 5) is 14.1. The van der Waals surface area contributed by atoms with Gasteiger partial charge in [-0.1, -0.05) is 32.9 Å². The van der Waals surface area contributed by atoms with Crippen LogP contribution in [0.1, 0.15) is 53.1 Å². The van der Waals surface area contributed by atoms with Crippen LogP contribution in [-0.2, 0) is 4.79 Å². The van der Waals surface area contributed by atoms with Crippen LogP contribution in [0.5, 0.6) is 0 Å². The van der Waals surface area contributed by atoms with Crippen LogP contribution in [0.25, 0.3) is 5.70 Å². The zero-order valence-corrected chi connectivity index (χ0v) is 14.2. The van der Waals surface area contributed by atoms with E-state index in [9.17, 15) is 9.18 Å². The molecule has 0 saturated carbocycles. The van der Waals surface area contributed by atoms with Crippen molar-refractivity contribution in [3.05, 3.63) is 53.0 Å². The van der Waals surface area contributed by atoms with Crippen LogP contribution in [0.4, 0.5) is 4.39 Å². The first-order chi connectivity index (χ1) is 10.6. The standard InChI is InChI=1S/C17H20FNO.C2H6.H2/c1-4-8-19-14(5-2)10-15(20)11-17(19)16-9-13(18)7-6-12(16)3;1-2;/h5-7,9,11H,4,8,10H2,1-3H3;1-2H3;1H/b14-5-;;. The number of aryl methyl sites for hydroxylation is 1. The molecule has 0 radical (unpaired) electrons. The summed E-state index contributed by atoms with van der Waals surface area (Å²) in [5.74, 6) is -0.202. The molecule has 122 valence electrons. The Morgan fingerprint density at radius 3 is 2.64 bits per heavy atom. The number of carbonyl (C=O) groups is 1. The molecule has 0 aromatic heterocycles. The largest absolute Gasteiger partial charge is 0.344 e. The Bertz CT molecular complexity index is 593. The van der Waals surface area contributed by atoms with E-state index in [0.717, 1.165) is 35.5 Å². The minimum Gasteiger partial charge on any atom is -0.344 e. The van der Waals surface area contributed by atoms with Gasteiger partial charge < -0.3 is 4.90 Å². The molecule has 0 N–H and O–H groups in total. The zero-order chi connectivity index (χ0) is 16.7. The lowest BCUT2D eigenvalue weighted by atomic mass is 9.98. The van der Waals surface area contributed by atoms with Crippen LogP contribution in [0.2, 0.25) is 0 Å². The molecule has 1 heterocycles. The first-order valence-electron chi connectivity index (χ1n) is 8.00. The highest BCUT2D eigenvalue weighted by molar-refractivity contribution is 6.00. The van der Waals surface area contributed by atoms with E-state index in [2.05, 4.69) is 11.8 Å². The van der Waals surface area contributed by atoms with Crippen LogP contribution >= 0.6 is 0 Å². The number of nitrogens with zero attached hydrogens (tertiary/aromatic N) is 1. The molecule has 2 nitrogen and oxygen atoms in total. The molecule has 2 rings (SSSR count). The molecule has 3 heteroatoms. The maximum Gasteiger partial charge on any atom is 0.163 e. The summed E-state index contributed by atoms with van der Waals surface area (Å²) in [6.45, 7) is 10.8. The lowest BCUT2D eigenvalue weighted by Gasteiger charge is -2.33. The van der Waals surface area contributed by atoms with Crippen molar-refractivity contribution in [3.8, 4) is 0 Å². The van der Waals surface area contributed by atoms with Crippen LogP contribution in [0.15, 0.2) is 36.0 Å². The van der Waals surface area contributed by atoms with Crippen LogP contribution in [0.3, 0.4) is 0 Å².